The van der Waals surface area contributed by atoms with Crippen LogP contribution in [0, 0.1) is 0 Å². The summed E-state index contributed by atoms with van der Waals surface area (Å²) >= 11 is 0. The smallest absolute Gasteiger partial charge is 0.245 e. The highest BCUT2D eigenvalue weighted by molar-refractivity contribution is 5.93. The van der Waals surface area contributed by atoms with Crippen LogP contribution in [0.1, 0.15) is 39.5 Å². The molecule has 2 aliphatic heterocycles. The van der Waals surface area contributed by atoms with Gasteiger partial charge in [-0.2, -0.15) is 0 Å². The van der Waals surface area contributed by atoms with Gasteiger partial charge in [-0.05, 0) is 38.8 Å². The minimum absolute atomic E-state index is 0.0282. The van der Waals surface area contributed by atoms with E-state index in [9.17, 15) is 19.5 Å². The van der Waals surface area contributed by atoms with Crippen LogP contribution in [0.4, 0.5) is 5.69 Å². The van der Waals surface area contributed by atoms with Gasteiger partial charge in [0.15, 0.2) is 0 Å². The van der Waals surface area contributed by atoms with E-state index in [0.29, 0.717) is 26.1 Å². The van der Waals surface area contributed by atoms with E-state index in [-0.39, 0.29) is 37.1 Å². The first-order valence-corrected chi connectivity index (χ1v) is 12.1. The van der Waals surface area contributed by atoms with E-state index in [4.69, 9.17) is 0 Å². The van der Waals surface area contributed by atoms with Crippen LogP contribution in [0.5, 0.6) is 0 Å². The van der Waals surface area contributed by atoms with Crippen molar-refractivity contribution in [3.8, 4) is 0 Å². The Bertz CT molecular complexity index is 1120. The van der Waals surface area contributed by atoms with Crippen LogP contribution in [0.3, 0.4) is 0 Å². The van der Waals surface area contributed by atoms with E-state index < -0.39 is 11.1 Å². The summed E-state index contributed by atoms with van der Waals surface area (Å²) in [7, 11) is 1.66. The van der Waals surface area contributed by atoms with Crippen LogP contribution in [0.15, 0.2) is 30.7 Å². The van der Waals surface area contributed by atoms with Crippen molar-refractivity contribution < 1.29 is 19.5 Å². The first kappa shape index (κ1) is 24.8. The van der Waals surface area contributed by atoms with Gasteiger partial charge in [-0.25, -0.2) is 0 Å². The number of amides is 3. The first-order chi connectivity index (χ1) is 16.6. The number of piperidine rings is 1. The number of piperazine rings is 1. The number of aromatic nitrogens is 2. The molecule has 3 amide bonds. The van der Waals surface area contributed by atoms with Gasteiger partial charge in [0.1, 0.15) is 5.54 Å². The largest absolute Gasteiger partial charge is 0.386 e. The molecule has 0 saturated carbocycles. The molecule has 2 aromatic heterocycles. The van der Waals surface area contributed by atoms with Gasteiger partial charge in [0.25, 0.3) is 0 Å². The SMILES string of the molecule is CN(C[C@]1(O)CCCN(c2ccnc3ccncc23)C1)C(=O)CCC(=O)N1CCNC(=O)C1(C)C. The van der Waals surface area contributed by atoms with Crippen molar-refractivity contribution in [3.05, 3.63) is 30.7 Å². The summed E-state index contributed by atoms with van der Waals surface area (Å²) in [6.45, 7) is 5.61. The van der Waals surface area contributed by atoms with Crippen molar-refractivity contribution in [3.63, 3.8) is 0 Å². The molecule has 188 valence electrons. The fraction of sp³-hybridized carbons (Fsp3) is 0.560. The molecule has 0 spiro atoms. The maximum atomic E-state index is 12.8. The summed E-state index contributed by atoms with van der Waals surface area (Å²) in [4.78, 5) is 51.5. The Kier molecular flexibility index (Phi) is 6.93. The highest BCUT2D eigenvalue weighted by Crippen LogP contribution is 2.31. The Hall–Kier alpha value is -3.27. The Labute approximate surface area is 205 Å². The highest BCUT2D eigenvalue weighted by atomic mass is 16.3. The number of fused-ring (bicyclic) bond motifs is 1. The Morgan fingerprint density at radius 2 is 2.00 bits per heavy atom. The number of rotatable bonds is 6. The van der Waals surface area contributed by atoms with Gasteiger partial charge >= 0.3 is 0 Å². The fourth-order valence-corrected chi connectivity index (χ4v) is 5.10. The lowest BCUT2D eigenvalue weighted by Crippen LogP contribution is -2.63. The Balaban J connectivity index is 1.36. The molecule has 35 heavy (non-hydrogen) atoms. The number of likely N-dealkylation sites (N-methyl/N-ethyl adjacent to an activating group) is 1. The number of nitrogens with zero attached hydrogens (tertiary/aromatic N) is 5. The fourth-order valence-electron chi connectivity index (χ4n) is 5.10. The van der Waals surface area contributed by atoms with Crippen molar-refractivity contribution in [2.24, 2.45) is 0 Å². The lowest BCUT2D eigenvalue weighted by molar-refractivity contribution is -0.150. The van der Waals surface area contributed by atoms with E-state index in [0.717, 1.165) is 29.6 Å². The Morgan fingerprint density at radius 1 is 1.20 bits per heavy atom. The molecule has 0 aromatic carbocycles. The van der Waals surface area contributed by atoms with Gasteiger partial charge in [-0.1, -0.05) is 0 Å². The summed E-state index contributed by atoms with van der Waals surface area (Å²) in [5, 5.41) is 15.1. The molecule has 2 aromatic rings. The second-order valence-electron chi connectivity index (χ2n) is 10.1. The predicted molar refractivity (Wildman–Crippen MR) is 132 cm³/mol. The molecule has 2 saturated heterocycles. The average Bonchev–Trinajstić information content (AvgIpc) is 2.83. The third-order valence-corrected chi connectivity index (χ3v) is 7.08. The highest BCUT2D eigenvalue weighted by Gasteiger charge is 2.40. The number of β-amino-alcohol motifs (C(OH)–C–C–N with tert-alkyl or cyclic N) is 1. The van der Waals surface area contributed by atoms with Gasteiger partial charge in [-0.3, -0.25) is 24.4 Å². The summed E-state index contributed by atoms with van der Waals surface area (Å²) < 4.78 is 0. The van der Waals surface area contributed by atoms with Crippen LogP contribution in [0.25, 0.3) is 10.9 Å². The molecule has 1 atom stereocenters. The zero-order valence-electron chi connectivity index (χ0n) is 20.7. The normalized spacial score (nSPS) is 22.1. The number of nitrogens with one attached hydrogen (secondary N) is 1. The van der Waals surface area contributed by atoms with Gasteiger partial charge in [0.05, 0.1) is 17.7 Å². The van der Waals surface area contributed by atoms with Crippen LogP contribution >= 0.6 is 0 Å². The lowest BCUT2D eigenvalue weighted by atomic mass is 9.91. The second-order valence-corrected chi connectivity index (χ2v) is 10.1. The van der Waals surface area contributed by atoms with Crippen LogP contribution in [-0.4, -0.2) is 93.5 Å². The molecular weight excluding hydrogens is 448 g/mol. The molecule has 0 radical (unpaired) electrons. The topological polar surface area (TPSA) is 119 Å². The van der Waals surface area contributed by atoms with Crippen molar-refractivity contribution in [2.75, 3.05) is 44.7 Å². The summed E-state index contributed by atoms with van der Waals surface area (Å²) in [5.74, 6) is -0.614. The van der Waals surface area contributed by atoms with Gasteiger partial charge in [0, 0.05) is 75.7 Å². The molecule has 10 nitrogen and oxygen atoms in total. The van der Waals surface area contributed by atoms with Crippen molar-refractivity contribution >= 4 is 34.3 Å². The maximum Gasteiger partial charge on any atom is 0.245 e. The van der Waals surface area contributed by atoms with E-state index >= 15 is 0 Å². The third kappa shape index (κ3) is 5.22. The molecule has 4 rings (SSSR count). The predicted octanol–water partition coefficient (Wildman–Crippen LogP) is 0.937. The number of aliphatic hydroxyl groups is 1. The summed E-state index contributed by atoms with van der Waals surface area (Å²) in [5.41, 5.74) is -0.193. The number of carbonyl (C=O) groups is 3. The monoisotopic (exact) mass is 482 g/mol. The number of hydrogen-bond donors (Lipinski definition) is 2. The molecule has 0 aliphatic carbocycles. The van der Waals surface area contributed by atoms with E-state index in [1.807, 2.05) is 12.1 Å². The number of pyridine rings is 2. The van der Waals surface area contributed by atoms with Crippen LogP contribution in [0.2, 0.25) is 0 Å². The quantitative estimate of drug-likeness (QED) is 0.629. The third-order valence-electron chi connectivity index (χ3n) is 7.08. The lowest BCUT2D eigenvalue weighted by Gasteiger charge is -2.42. The van der Waals surface area contributed by atoms with Gasteiger partial charge < -0.3 is 25.1 Å². The zero-order chi connectivity index (χ0) is 25.2. The van der Waals surface area contributed by atoms with Crippen molar-refractivity contribution in [2.45, 2.75) is 50.7 Å². The minimum Gasteiger partial charge on any atom is -0.386 e. The van der Waals surface area contributed by atoms with Crippen LogP contribution < -0.4 is 10.2 Å². The van der Waals surface area contributed by atoms with E-state index in [1.165, 1.54) is 4.90 Å². The van der Waals surface area contributed by atoms with Crippen molar-refractivity contribution in [1.82, 2.24) is 25.1 Å². The standard InChI is InChI=1S/C25H34N6O4/c1-24(2)23(34)28-12-14-31(24)22(33)6-5-21(32)29(3)16-25(35)9-4-13-30(17-25)20-8-11-27-19-7-10-26-15-18(19)20/h7-8,10-11,15,35H,4-6,9,12-14,16-17H2,1-3H3,(H,28,34)/t25-/m1/s1. The van der Waals surface area contributed by atoms with Gasteiger partial charge in [-0.15, -0.1) is 0 Å². The van der Waals surface area contributed by atoms with Crippen molar-refractivity contribution in [1.29, 1.82) is 0 Å². The number of hydrogen-bond acceptors (Lipinski definition) is 7. The molecule has 2 aliphatic rings. The second kappa shape index (κ2) is 9.77. The Morgan fingerprint density at radius 3 is 2.80 bits per heavy atom. The number of carbonyl (C=O) groups excluding carboxylic acids is 3. The molecule has 10 heteroatoms. The zero-order valence-corrected chi connectivity index (χ0v) is 20.7. The molecule has 4 heterocycles. The van der Waals surface area contributed by atoms with E-state index in [2.05, 4.69) is 20.2 Å². The molecule has 2 N–H and O–H groups in total. The molecule has 0 bridgehead atoms. The van der Waals surface area contributed by atoms with Crippen LogP contribution in [-0.2, 0) is 14.4 Å². The first-order valence-electron chi connectivity index (χ1n) is 12.1. The van der Waals surface area contributed by atoms with E-state index in [1.54, 1.807) is 44.4 Å². The summed E-state index contributed by atoms with van der Waals surface area (Å²) in [6, 6.07) is 3.79. The average molecular weight is 483 g/mol. The number of anilines is 1. The maximum absolute atomic E-state index is 12.8. The summed E-state index contributed by atoms with van der Waals surface area (Å²) in [6.07, 6.45) is 6.67. The molecular formula is C25H34N6O4. The van der Waals surface area contributed by atoms with Gasteiger partial charge in [0.2, 0.25) is 17.7 Å². The molecule has 0 unspecified atom stereocenters. The minimum atomic E-state index is -1.07. The molecule has 2 fully saturated rings.